The molecule has 2 aliphatic rings. The van der Waals surface area contributed by atoms with Crippen LogP contribution in [0.1, 0.15) is 38.3 Å². The molecule has 0 radical (unpaired) electrons. The molecule has 2 amide bonds. The molecule has 0 saturated heterocycles. The van der Waals surface area contributed by atoms with Crippen LogP contribution in [0.25, 0.3) is 5.57 Å². The Bertz CT molecular complexity index is 686. The second-order valence-electron chi connectivity index (χ2n) is 7.00. The van der Waals surface area contributed by atoms with Gasteiger partial charge in [0.05, 0.1) is 6.42 Å². The van der Waals surface area contributed by atoms with Crippen LogP contribution in [0.15, 0.2) is 24.3 Å². The standard InChI is InChI=1S/C18H22N2O3/c1-18(2,3)23-17(22)20-8-6-12(7-9-20)13-4-5-14-11-16(21)19-15(14)10-13/h4-6,10H,7-9,11H2,1-3H3,(H,19,21). The molecule has 0 unspecified atom stereocenters. The predicted octanol–water partition coefficient (Wildman–Crippen LogP) is 3.21. The largest absolute Gasteiger partial charge is 0.444 e. The first-order chi connectivity index (χ1) is 10.8. The Balaban J connectivity index is 1.69. The number of rotatable bonds is 1. The molecule has 1 aromatic carbocycles. The monoisotopic (exact) mass is 314 g/mol. The van der Waals surface area contributed by atoms with Crippen LogP contribution in [0.3, 0.4) is 0 Å². The molecule has 0 aliphatic carbocycles. The Labute approximate surface area is 136 Å². The van der Waals surface area contributed by atoms with E-state index in [1.165, 1.54) is 5.57 Å². The van der Waals surface area contributed by atoms with E-state index in [4.69, 9.17) is 4.74 Å². The number of hydrogen-bond acceptors (Lipinski definition) is 3. The highest BCUT2D eigenvalue weighted by atomic mass is 16.6. The van der Waals surface area contributed by atoms with Gasteiger partial charge in [-0.05, 0) is 50.0 Å². The Morgan fingerprint density at radius 1 is 1.30 bits per heavy atom. The van der Waals surface area contributed by atoms with Crippen molar-refractivity contribution in [3.63, 3.8) is 0 Å². The number of hydrogen-bond donors (Lipinski definition) is 1. The van der Waals surface area contributed by atoms with Crippen molar-refractivity contribution in [3.05, 3.63) is 35.4 Å². The first-order valence-corrected chi connectivity index (χ1v) is 7.92. The summed E-state index contributed by atoms with van der Waals surface area (Å²) < 4.78 is 5.40. The minimum atomic E-state index is -0.473. The van der Waals surface area contributed by atoms with Gasteiger partial charge in [0.2, 0.25) is 5.91 Å². The molecule has 23 heavy (non-hydrogen) atoms. The minimum absolute atomic E-state index is 0.0471. The maximum Gasteiger partial charge on any atom is 0.410 e. The zero-order valence-corrected chi connectivity index (χ0v) is 13.8. The Morgan fingerprint density at radius 2 is 2.09 bits per heavy atom. The fraction of sp³-hybridized carbons (Fsp3) is 0.444. The highest BCUT2D eigenvalue weighted by Gasteiger charge is 2.24. The van der Waals surface area contributed by atoms with Crippen molar-refractivity contribution >= 4 is 23.3 Å². The van der Waals surface area contributed by atoms with Crippen molar-refractivity contribution in [2.45, 2.75) is 39.2 Å². The van der Waals surface area contributed by atoms with Crippen LogP contribution < -0.4 is 5.32 Å². The lowest BCUT2D eigenvalue weighted by molar-refractivity contribution is -0.115. The van der Waals surface area contributed by atoms with Crippen molar-refractivity contribution in [3.8, 4) is 0 Å². The van der Waals surface area contributed by atoms with E-state index >= 15 is 0 Å². The number of benzene rings is 1. The van der Waals surface area contributed by atoms with Crippen molar-refractivity contribution in [2.24, 2.45) is 0 Å². The molecule has 5 heteroatoms. The molecule has 0 atom stereocenters. The minimum Gasteiger partial charge on any atom is -0.444 e. The van der Waals surface area contributed by atoms with Crippen LogP contribution in [0, 0.1) is 0 Å². The molecule has 2 heterocycles. The van der Waals surface area contributed by atoms with Crippen LogP contribution in [0.5, 0.6) is 0 Å². The van der Waals surface area contributed by atoms with Gasteiger partial charge in [0.1, 0.15) is 5.60 Å². The third-order valence-electron chi connectivity index (χ3n) is 3.97. The molecule has 0 fully saturated rings. The van der Waals surface area contributed by atoms with Crippen LogP contribution in [0.2, 0.25) is 0 Å². The molecule has 1 N–H and O–H groups in total. The van der Waals surface area contributed by atoms with E-state index in [-0.39, 0.29) is 12.0 Å². The lowest BCUT2D eigenvalue weighted by atomic mass is 9.97. The first-order valence-electron chi connectivity index (χ1n) is 7.92. The van der Waals surface area contributed by atoms with Gasteiger partial charge in [0.25, 0.3) is 0 Å². The first kappa shape index (κ1) is 15.6. The SMILES string of the molecule is CC(C)(C)OC(=O)N1CC=C(c2ccc3c(c2)NC(=O)C3)CC1. The van der Waals surface area contributed by atoms with Gasteiger partial charge in [-0.2, -0.15) is 0 Å². The highest BCUT2D eigenvalue weighted by Crippen LogP contribution is 2.30. The zero-order chi connectivity index (χ0) is 16.6. The summed E-state index contributed by atoms with van der Waals surface area (Å²) in [5.74, 6) is 0.0471. The molecule has 0 aromatic heterocycles. The van der Waals surface area contributed by atoms with Crippen LogP contribution in [-0.4, -0.2) is 35.6 Å². The lowest BCUT2D eigenvalue weighted by Crippen LogP contribution is -2.39. The molecule has 2 aliphatic heterocycles. The van der Waals surface area contributed by atoms with Crippen molar-refractivity contribution in [2.75, 3.05) is 18.4 Å². The lowest BCUT2D eigenvalue weighted by Gasteiger charge is -2.29. The summed E-state index contributed by atoms with van der Waals surface area (Å²) in [5.41, 5.74) is 3.79. The number of nitrogens with one attached hydrogen (secondary N) is 1. The van der Waals surface area contributed by atoms with E-state index < -0.39 is 5.60 Å². The number of anilines is 1. The molecular formula is C18H22N2O3. The maximum absolute atomic E-state index is 12.1. The molecule has 1 aromatic rings. The number of carbonyl (C=O) groups is 2. The van der Waals surface area contributed by atoms with E-state index in [0.717, 1.165) is 23.2 Å². The van der Waals surface area contributed by atoms with Crippen LogP contribution >= 0.6 is 0 Å². The predicted molar refractivity (Wildman–Crippen MR) is 89.2 cm³/mol. The third-order valence-corrected chi connectivity index (χ3v) is 3.97. The van der Waals surface area contributed by atoms with E-state index in [9.17, 15) is 9.59 Å². The van der Waals surface area contributed by atoms with Crippen molar-refractivity contribution in [1.29, 1.82) is 0 Å². The Hall–Kier alpha value is -2.30. The average Bonchev–Trinajstić information content (AvgIpc) is 2.84. The molecule has 0 bridgehead atoms. The summed E-state index contributed by atoms with van der Waals surface area (Å²) in [6.45, 7) is 6.80. The molecule has 122 valence electrons. The van der Waals surface area contributed by atoms with E-state index in [0.29, 0.717) is 19.5 Å². The third kappa shape index (κ3) is 3.55. The van der Waals surface area contributed by atoms with E-state index in [1.807, 2.05) is 39.0 Å². The quantitative estimate of drug-likeness (QED) is 0.866. The van der Waals surface area contributed by atoms with Gasteiger partial charge in [0, 0.05) is 18.8 Å². The second kappa shape index (κ2) is 5.72. The summed E-state index contributed by atoms with van der Waals surface area (Å²) in [5, 5.41) is 2.88. The molecular weight excluding hydrogens is 292 g/mol. The van der Waals surface area contributed by atoms with Crippen LogP contribution in [-0.2, 0) is 16.0 Å². The Morgan fingerprint density at radius 3 is 2.74 bits per heavy atom. The smallest absolute Gasteiger partial charge is 0.410 e. The van der Waals surface area contributed by atoms with Gasteiger partial charge < -0.3 is 15.0 Å². The highest BCUT2D eigenvalue weighted by molar-refractivity contribution is 5.99. The number of carbonyl (C=O) groups excluding carboxylic acids is 2. The Kier molecular flexibility index (Phi) is 3.88. The van der Waals surface area contributed by atoms with Gasteiger partial charge in [-0.25, -0.2) is 4.79 Å². The van der Waals surface area contributed by atoms with Crippen molar-refractivity contribution < 1.29 is 14.3 Å². The van der Waals surface area contributed by atoms with Gasteiger partial charge in [-0.1, -0.05) is 18.2 Å². The number of amides is 2. The van der Waals surface area contributed by atoms with Gasteiger partial charge in [-0.3, -0.25) is 4.79 Å². The maximum atomic E-state index is 12.1. The normalized spacial score (nSPS) is 17.4. The van der Waals surface area contributed by atoms with Crippen LogP contribution in [0.4, 0.5) is 10.5 Å². The fourth-order valence-electron chi connectivity index (χ4n) is 2.84. The van der Waals surface area contributed by atoms with Gasteiger partial charge in [-0.15, -0.1) is 0 Å². The number of ether oxygens (including phenoxy) is 1. The summed E-state index contributed by atoms with van der Waals surface area (Å²) in [6.07, 6.45) is 3.04. The molecule has 0 saturated carbocycles. The summed E-state index contributed by atoms with van der Waals surface area (Å²) in [4.78, 5) is 25.2. The second-order valence-corrected chi connectivity index (χ2v) is 7.00. The molecule has 0 spiro atoms. The number of nitrogens with zero attached hydrogens (tertiary/aromatic N) is 1. The summed E-state index contributed by atoms with van der Waals surface area (Å²) >= 11 is 0. The summed E-state index contributed by atoms with van der Waals surface area (Å²) in [6, 6.07) is 6.08. The van der Waals surface area contributed by atoms with Gasteiger partial charge >= 0.3 is 6.09 Å². The topological polar surface area (TPSA) is 58.6 Å². The number of fused-ring (bicyclic) bond motifs is 1. The van der Waals surface area contributed by atoms with E-state index in [1.54, 1.807) is 4.90 Å². The zero-order valence-electron chi connectivity index (χ0n) is 13.8. The molecule has 5 nitrogen and oxygen atoms in total. The summed E-state index contributed by atoms with van der Waals surface area (Å²) in [7, 11) is 0. The average molecular weight is 314 g/mol. The van der Waals surface area contributed by atoms with E-state index in [2.05, 4.69) is 11.4 Å². The molecule has 3 rings (SSSR count). The van der Waals surface area contributed by atoms with Gasteiger partial charge in [0.15, 0.2) is 0 Å². The fourth-order valence-corrected chi connectivity index (χ4v) is 2.84. The van der Waals surface area contributed by atoms with Crippen molar-refractivity contribution in [1.82, 2.24) is 4.90 Å².